The number of nitrogens with two attached hydrogens (primary N) is 1. The number of rotatable bonds is 3. The first-order valence-electron chi connectivity index (χ1n) is 7.48. The Kier molecular flexibility index (Phi) is 4.77. The van der Waals surface area contributed by atoms with Gasteiger partial charge in [0.1, 0.15) is 5.82 Å². The molecule has 6 heteroatoms. The lowest BCUT2D eigenvalue weighted by molar-refractivity contribution is 0.0654. The van der Waals surface area contributed by atoms with Crippen LogP contribution in [0.15, 0.2) is 6.20 Å². The average Bonchev–Trinajstić information content (AvgIpc) is 2.47. The second-order valence-electron chi connectivity index (χ2n) is 6.14. The van der Waals surface area contributed by atoms with Gasteiger partial charge in [-0.3, -0.25) is 4.79 Å². The molecule has 6 nitrogen and oxygen atoms in total. The standard InChI is InChI=1S/C15H25N5O/c1-10(2)14-17-9-12(16)13(18-14)15(21)20(4)11-5-7-19(3)8-6-11/h9-11H,5-8,16H2,1-4H3. The quantitative estimate of drug-likeness (QED) is 0.909. The van der Waals surface area contributed by atoms with Crippen molar-refractivity contribution >= 4 is 11.6 Å². The molecule has 21 heavy (non-hydrogen) atoms. The maximum absolute atomic E-state index is 12.7. The summed E-state index contributed by atoms with van der Waals surface area (Å²) in [7, 11) is 3.95. The van der Waals surface area contributed by atoms with Crippen molar-refractivity contribution in [3.63, 3.8) is 0 Å². The predicted octanol–water partition coefficient (Wildman–Crippen LogP) is 1.35. The highest BCUT2D eigenvalue weighted by Gasteiger charge is 2.27. The van der Waals surface area contributed by atoms with Crippen molar-refractivity contribution < 1.29 is 4.79 Å². The molecule has 2 N–H and O–H groups in total. The fraction of sp³-hybridized carbons (Fsp3) is 0.667. The molecule has 0 bridgehead atoms. The molecule has 2 rings (SSSR count). The second-order valence-corrected chi connectivity index (χ2v) is 6.14. The van der Waals surface area contributed by atoms with E-state index in [1.165, 1.54) is 6.20 Å². The molecule has 2 heterocycles. The number of hydrogen-bond acceptors (Lipinski definition) is 5. The van der Waals surface area contributed by atoms with Crippen molar-refractivity contribution in [2.24, 2.45) is 0 Å². The van der Waals surface area contributed by atoms with E-state index in [1.807, 2.05) is 20.9 Å². The molecular formula is C15H25N5O. The van der Waals surface area contributed by atoms with Gasteiger partial charge in [0.2, 0.25) is 0 Å². The molecule has 0 aromatic carbocycles. The number of aromatic nitrogens is 2. The molecule has 1 saturated heterocycles. The molecule has 1 aromatic rings. The van der Waals surface area contributed by atoms with Crippen LogP contribution >= 0.6 is 0 Å². The van der Waals surface area contributed by atoms with Crippen LogP contribution in [0, 0.1) is 0 Å². The zero-order valence-corrected chi connectivity index (χ0v) is 13.3. The van der Waals surface area contributed by atoms with Gasteiger partial charge < -0.3 is 15.5 Å². The van der Waals surface area contributed by atoms with Crippen LogP contribution in [0.3, 0.4) is 0 Å². The number of amides is 1. The lowest BCUT2D eigenvalue weighted by Gasteiger charge is -2.35. The molecule has 1 aliphatic heterocycles. The monoisotopic (exact) mass is 291 g/mol. The third-order valence-corrected chi connectivity index (χ3v) is 4.11. The Hall–Kier alpha value is -1.69. The highest BCUT2D eigenvalue weighted by atomic mass is 16.2. The highest BCUT2D eigenvalue weighted by Crippen LogP contribution is 2.19. The molecule has 0 spiro atoms. The number of anilines is 1. The van der Waals surface area contributed by atoms with Gasteiger partial charge in [0, 0.05) is 19.0 Å². The minimum atomic E-state index is -0.105. The zero-order chi connectivity index (χ0) is 15.6. The number of carbonyl (C=O) groups is 1. The summed E-state index contributed by atoms with van der Waals surface area (Å²) >= 11 is 0. The Labute approximate surface area is 126 Å². The second kappa shape index (κ2) is 6.39. The van der Waals surface area contributed by atoms with Gasteiger partial charge in [-0.05, 0) is 33.0 Å². The average molecular weight is 291 g/mol. The van der Waals surface area contributed by atoms with E-state index in [2.05, 4.69) is 21.9 Å². The number of piperidine rings is 1. The third-order valence-electron chi connectivity index (χ3n) is 4.11. The van der Waals surface area contributed by atoms with Crippen LogP contribution in [0.25, 0.3) is 0 Å². The Bertz CT molecular complexity index is 509. The Morgan fingerprint density at radius 3 is 2.62 bits per heavy atom. The van der Waals surface area contributed by atoms with E-state index in [9.17, 15) is 4.79 Å². The van der Waals surface area contributed by atoms with E-state index in [0.717, 1.165) is 25.9 Å². The van der Waals surface area contributed by atoms with Gasteiger partial charge in [-0.2, -0.15) is 0 Å². The van der Waals surface area contributed by atoms with Gasteiger partial charge in [0.25, 0.3) is 5.91 Å². The number of nitrogen functional groups attached to an aromatic ring is 1. The van der Waals surface area contributed by atoms with Gasteiger partial charge in [-0.25, -0.2) is 9.97 Å². The highest BCUT2D eigenvalue weighted by molar-refractivity contribution is 5.97. The van der Waals surface area contributed by atoms with E-state index in [1.54, 1.807) is 4.90 Å². The van der Waals surface area contributed by atoms with Crippen molar-refractivity contribution in [1.82, 2.24) is 19.8 Å². The summed E-state index contributed by atoms with van der Waals surface area (Å²) < 4.78 is 0. The fourth-order valence-corrected chi connectivity index (χ4v) is 2.57. The van der Waals surface area contributed by atoms with Crippen LogP contribution in [0.4, 0.5) is 5.69 Å². The maximum Gasteiger partial charge on any atom is 0.274 e. The van der Waals surface area contributed by atoms with E-state index in [4.69, 9.17) is 5.73 Å². The molecule has 0 saturated carbocycles. The zero-order valence-electron chi connectivity index (χ0n) is 13.3. The smallest absolute Gasteiger partial charge is 0.274 e. The molecule has 0 aliphatic carbocycles. The summed E-state index contributed by atoms with van der Waals surface area (Å²) in [5, 5.41) is 0. The van der Waals surface area contributed by atoms with E-state index < -0.39 is 0 Å². The van der Waals surface area contributed by atoms with Crippen LogP contribution < -0.4 is 5.73 Å². The number of carbonyl (C=O) groups excluding carboxylic acids is 1. The first-order valence-corrected chi connectivity index (χ1v) is 7.48. The van der Waals surface area contributed by atoms with Crippen molar-refractivity contribution in [3.05, 3.63) is 17.7 Å². The van der Waals surface area contributed by atoms with Crippen molar-refractivity contribution in [2.45, 2.75) is 38.6 Å². The van der Waals surface area contributed by atoms with Crippen LogP contribution in [-0.2, 0) is 0 Å². The van der Waals surface area contributed by atoms with Crippen LogP contribution in [0.5, 0.6) is 0 Å². The molecule has 116 valence electrons. The summed E-state index contributed by atoms with van der Waals surface area (Å²) in [5.74, 6) is 0.724. The van der Waals surface area contributed by atoms with Crippen LogP contribution in [0.2, 0.25) is 0 Å². The lowest BCUT2D eigenvalue weighted by atomic mass is 10.0. The van der Waals surface area contributed by atoms with Gasteiger partial charge in [-0.15, -0.1) is 0 Å². The van der Waals surface area contributed by atoms with Crippen molar-refractivity contribution in [3.8, 4) is 0 Å². The van der Waals surface area contributed by atoms with Crippen molar-refractivity contribution in [1.29, 1.82) is 0 Å². The van der Waals surface area contributed by atoms with Gasteiger partial charge in [-0.1, -0.05) is 13.8 Å². The number of nitrogens with zero attached hydrogens (tertiary/aromatic N) is 4. The molecular weight excluding hydrogens is 266 g/mol. The third kappa shape index (κ3) is 3.50. The molecule has 1 aliphatic rings. The minimum absolute atomic E-state index is 0.105. The maximum atomic E-state index is 12.7. The molecule has 0 radical (unpaired) electrons. The molecule has 0 unspecified atom stereocenters. The summed E-state index contributed by atoms with van der Waals surface area (Å²) in [6.45, 7) is 6.03. The van der Waals surface area contributed by atoms with Gasteiger partial charge in [0.05, 0.1) is 11.9 Å². The van der Waals surface area contributed by atoms with E-state index >= 15 is 0 Å². The largest absolute Gasteiger partial charge is 0.396 e. The normalized spacial score (nSPS) is 17.2. The van der Waals surface area contributed by atoms with Gasteiger partial charge in [0.15, 0.2) is 5.69 Å². The Morgan fingerprint density at radius 2 is 2.05 bits per heavy atom. The van der Waals surface area contributed by atoms with Gasteiger partial charge >= 0.3 is 0 Å². The molecule has 0 atom stereocenters. The van der Waals surface area contributed by atoms with Crippen molar-refractivity contribution in [2.75, 3.05) is 32.9 Å². The lowest BCUT2D eigenvalue weighted by Crippen LogP contribution is -2.44. The van der Waals surface area contributed by atoms with E-state index in [0.29, 0.717) is 17.2 Å². The topological polar surface area (TPSA) is 75.3 Å². The Morgan fingerprint density at radius 1 is 1.43 bits per heavy atom. The first kappa shape index (κ1) is 15.7. The predicted molar refractivity (Wildman–Crippen MR) is 83.1 cm³/mol. The SMILES string of the molecule is CC(C)c1ncc(N)c(C(=O)N(C)C2CCN(C)CC2)n1. The molecule has 1 aromatic heterocycles. The van der Waals surface area contributed by atoms with Crippen LogP contribution in [0.1, 0.15) is 48.9 Å². The molecule has 1 amide bonds. The summed E-state index contributed by atoms with van der Waals surface area (Å²) in [5.41, 5.74) is 6.58. The minimum Gasteiger partial charge on any atom is -0.396 e. The summed E-state index contributed by atoms with van der Waals surface area (Å²) in [4.78, 5) is 25.3. The fourth-order valence-electron chi connectivity index (χ4n) is 2.57. The van der Waals surface area contributed by atoms with E-state index in [-0.39, 0.29) is 17.9 Å². The summed E-state index contributed by atoms with van der Waals surface area (Å²) in [6, 6.07) is 0.255. The van der Waals surface area contributed by atoms with Crippen LogP contribution in [-0.4, -0.2) is 58.9 Å². The number of likely N-dealkylation sites (tertiary alicyclic amines) is 1. The Balaban J connectivity index is 2.17. The number of hydrogen-bond donors (Lipinski definition) is 1. The first-order chi connectivity index (χ1) is 9.90. The summed E-state index contributed by atoms with van der Waals surface area (Å²) in [6.07, 6.45) is 3.51. The molecule has 1 fully saturated rings.